The van der Waals surface area contributed by atoms with E-state index in [-0.39, 0.29) is 11.6 Å². The Morgan fingerprint density at radius 2 is 2.00 bits per heavy atom. The Morgan fingerprint density at radius 3 is 2.89 bits per heavy atom. The van der Waals surface area contributed by atoms with Crippen molar-refractivity contribution in [3.63, 3.8) is 0 Å². The monoisotopic (exact) mass is 378 g/mol. The highest BCUT2D eigenvalue weighted by molar-refractivity contribution is 5.87. The second-order valence-corrected chi connectivity index (χ2v) is 8.11. The highest BCUT2D eigenvalue weighted by Gasteiger charge is 2.29. The SMILES string of the molecule is Cc1cc2ncnc(N3CCCC3Cn3nc4c(cc3=O)CCCC4)c2n1C. The summed E-state index contributed by atoms with van der Waals surface area (Å²) >= 11 is 0. The van der Waals surface area contributed by atoms with Crippen LogP contribution in [0, 0.1) is 6.92 Å². The maximum Gasteiger partial charge on any atom is 0.267 e. The van der Waals surface area contributed by atoms with Crippen molar-refractivity contribution < 1.29 is 0 Å². The summed E-state index contributed by atoms with van der Waals surface area (Å²) in [6, 6.07) is 4.13. The summed E-state index contributed by atoms with van der Waals surface area (Å²) in [5.41, 5.74) is 5.48. The summed E-state index contributed by atoms with van der Waals surface area (Å²) in [7, 11) is 2.06. The zero-order valence-corrected chi connectivity index (χ0v) is 16.6. The molecule has 3 aromatic heterocycles. The fourth-order valence-electron chi connectivity index (χ4n) is 4.73. The zero-order chi connectivity index (χ0) is 19.3. The molecule has 1 aliphatic heterocycles. The van der Waals surface area contributed by atoms with Gasteiger partial charge in [0, 0.05) is 25.4 Å². The number of rotatable bonds is 3. The van der Waals surface area contributed by atoms with Gasteiger partial charge >= 0.3 is 0 Å². The lowest BCUT2D eigenvalue weighted by Gasteiger charge is -2.27. The molecule has 0 aromatic carbocycles. The number of fused-ring (bicyclic) bond motifs is 2. The van der Waals surface area contributed by atoms with Gasteiger partial charge in [-0.15, -0.1) is 0 Å². The Morgan fingerprint density at radius 1 is 1.14 bits per heavy atom. The van der Waals surface area contributed by atoms with E-state index >= 15 is 0 Å². The van der Waals surface area contributed by atoms with E-state index in [1.54, 1.807) is 11.0 Å². The van der Waals surface area contributed by atoms with Crippen LogP contribution in [-0.2, 0) is 26.4 Å². The third-order valence-corrected chi connectivity index (χ3v) is 6.35. The topological polar surface area (TPSA) is 68.8 Å². The molecule has 1 unspecified atom stereocenters. The largest absolute Gasteiger partial charge is 0.350 e. The van der Waals surface area contributed by atoms with Crippen molar-refractivity contribution in [1.29, 1.82) is 0 Å². The van der Waals surface area contributed by atoms with Gasteiger partial charge in [0.2, 0.25) is 0 Å². The molecule has 5 rings (SSSR count). The van der Waals surface area contributed by atoms with Crippen LogP contribution in [0.3, 0.4) is 0 Å². The maximum atomic E-state index is 12.6. The molecule has 0 N–H and O–H groups in total. The summed E-state index contributed by atoms with van der Waals surface area (Å²) in [6.45, 7) is 3.64. The van der Waals surface area contributed by atoms with E-state index < -0.39 is 0 Å². The van der Waals surface area contributed by atoms with Crippen LogP contribution in [0.1, 0.15) is 42.6 Å². The second-order valence-electron chi connectivity index (χ2n) is 8.11. The van der Waals surface area contributed by atoms with Gasteiger partial charge in [-0.25, -0.2) is 14.6 Å². The minimum atomic E-state index is 0.0232. The minimum Gasteiger partial charge on any atom is -0.350 e. The smallest absolute Gasteiger partial charge is 0.267 e. The highest BCUT2D eigenvalue weighted by Crippen LogP contribution is 2.31. The van der Waals surface area contributed by atoms with Crippen LogP contribution in [0.25, 0.3) is 11.0 Å². The second kappa shape index (κ2) is 6.72. The first-order chi connectivity index (χ1) is 13.6. The van der Waals surface area contributed by atoms with Crippen molar-refractivity contribution in [3.05, 3.63) is 45.8 Å². The van der Waals surface area contributed by atoms with E-state index in [0.717, 1.165) is 66.8 Å². The molecule has 7 heteroatoms. The Hall–Kier alpha value is -2.70. The standard InChI is InChI=1S/C21H26N6O/c1-14-10-18-20(25(14)2)21(23-13-22-18)26-9-5-7-16(26)12-27-19(28)11-15-6-3-4-8-17(15)24-27/h10-11,13,16H,3-9,12H2,1-2H3. The molecule has 1 aliphatic carbocycles. The highest BCUT2D eigenvalue weighted by atomic mass is 16.1. The van der Waals surface area contributed by atoms with Gasteiger partial charge in [0.1, 0.15) is 11.8 Å². The predicted octanol–water partition coefficient (Wildman–Crippen LogP) is 2.38. The maximum absolute atomic E-state index is 12.6. The summed E-state index contributed by atoms with van der Waals surface area (Å²) in [5, 5.41) is 4.73. The molecule has 0 amide bonds. The van der Waals surface area contributed by atoms with Gasteiger partial charge in [-0.05, 0) is 57.1 Å². The van der Waals surface area contributed by atoms with Crippen molar-refractivity contribution in [3.8, 4) is 0 Å². The van der Waals surface area contributed by atoms with E-state index in [1.165, 1.54) is 12.1 Å². The van der Waals surface area contributed by atoms with Gasteiger partial charge in [-0.3, -0.25) is 4.79 Å². The van der Waals surface area contributed by atoms with Crippen molar-refractivity contribution in [2.45, 2.75) is 58.0 Å². The first-order valence-electron chi connectivity index (χ1n) is 10.3. The molecule has 1 saturated heterocycles. The normalized spacial score (nSPS) is 19.4. The number of aromatic nitrogens is 5. The molecule has 28 heavy (non-hydrogen) atoms. The Bertz CT molecular complexity index is 1100. The molecule has 0 radical (unpaired) electrons. The molecule has 7 nitrogen and oxygen atoms in total. The Balaban J connectivity index is 1.50. The number of hydrogen-bond donors (Lipinski definition) is 0. The average Bonchev–Trinajstić information content (AvgIpc) is 3.27. The zero-order valence-electron chi connectivity index (χ0n) is 16.6. The van der Waals surface area contributed by atoms with Gasteiger partial charge in [-0.1, -0.05) is 0 Å². The molecule has 1 atom stereocenters. The average molecular weight is 378 g/mol. The molecular formula is C21H26N6O. The van der Waals surface area contributed by atoms with E-state index in [0.29, 0.717) is 6.54 Å². The molecule has 4 heterocycles. The van der Waals surface area contributed by atoms with Crippen LogP contribution in [0.5, 0.6) is 0 Å². The van der Waals surface area contributed by atoms with Crippen LogP contribution >= 0.6 is 0 Å². The van der Waals surface area contributed by atoms with Gasteiger partial charge < -0.3 is 9.47 Å². The number of anilines is 1. The quantitative estimate of drug-likeness (QED) is 0.700. The van der Waals surface area contributed by atoms with Crippen LogP contribution in [-0.4, -0.2) is 36.9 Å². The van der Waals surface area contributed by atoms with Crippen LogP contribution in [0.2, 0.25) is 0 Å². The number of hydrogen-bond acceptors (Lipinski definition) is 5. The van der Waals surface area contributed by atoms with Crippen molar-refractivity contribution in [1.82, 2.24) is 24.3 Å². The summed E-state index contributed by atoms with van der Waals surface area (Å²) in [6.07, 6.45) is 8.09. The first kappa shape index (κ1) is 17.4. The molecule has 146 valence electrons. The van der Waals surface area contributed by atoms with Gasteiger partial charge in [-0.2, -0.15) is 5.10 Å². The minimum absolute atomic E-state index is 0.0232. The fraction of sp³-hybridized carbons (Fsp3) is 0.524. The van der Waals surface area contributed by atoms with E-state index in [2.05, 4.69) is 39.5 Å². The van der Waals surface area contributed by atoms with Gasteiger partial charge in [0.05, 0.1) is 23.8 Å². The summed E-state index contributed by atoms with van der Waals surface area (Å²) < 4.78 is 3.84. The third-order valence-electron chi connectivity index (χ3n) is 6.35. The lowest BCUT2D eigenvalue weighted by atomic mass is 9.97. The molecule has 1 fully saturated rings. The van der Waals surface area contributed by atoms with Crippen molar-refractivity contribution >= 4 is 16.9 Å². The molecule has 3 aromatic rings. The Kier molecular flexibility index (Phi) is 4.18. The first-order valence-corrected chi connectivity index (χ1v) is 10.3. The molecular weight excluding hydrogens is 352 g/mol. The predicted molar refractivity (Wildman–Crippen MR) is 109 cm³/mol. The number of aryl methyl sites for hydroxylation is 4. The van der Waals surface area contributed by atoms with Gasteiger partial charge in [0.15, 0.2) is 5.82 Å². The lowest BCUT2D eigenvalue weighted by Crippen LogP contribution is -2.38. The van der Waals surface area contributed by atoms with E-state index in [1.807, 2.05) is 6.07 Å². The third kappa shape index (κ3) is 2.80. The van der Waals surface area contributed by atoms with Crippen LogP contribution < -0.4 is 10.5 Å². The summed E-state index contributed by atoms with van der Waals surface area (Å²) in [4.78, 5) is 24.1. The molecule has 0 spiro atoms. The van der Waals surface area contributed by atoms with Crippen molar-refractivity contribution in [2.24, 2.45) is 7.05 Å². The number of nitrogens with zero attached hydrogens (tertiary/aromatic N) is 6. The summed E-state index contributed by atoms with van der Waals surface area (Å²) in [5.74, 6) is 0.967. The van der Waals surface area contributed by atoms with Crippen molar-refractivity contribution in [2.75, 3.05) is 11.4 Å². The molecule has 0 saturated carbocycles. The molecule has 2 aliphatic rings. The molecule has 0 bridgehead atoms. The fourth-order valence-corrected chi connectivity index (χ4v) is 4.73. The van der Waals surface area contributed by atoms with Crippen LogP contribution in [0.4, 0.5) is 5.82 Å². The van der Waals surface area contributed by atoms with E-state index in [9.17, 15) is 4.79 Å². The van der Waals surface area contributed by atoms with E-state index in [4.69, 9.17) is 5.10 Å². The van der Waals surface area contributed by atoms with Gasteiger partial charge in [0.25, 0.3) is 5.56 Å². The van der Waals surface area contributed by atoms with Crippen LogP contribution in [0.15, 0.2) is 23.3 Å². The lowest BCUT2D eigenvalue weighted by molar-refractivity contribution is 0.472. The Labute approximate surface area is 164 Å².